The molecule has 3 rings (SSSR count). The molecule has 2 fully saturated rings. The highest BCUT2D eigenvalue weighted by Gasteiger charge is 2.38. The number of hydrogen-bond donors (Lipinski definition) is 3. The maximum atomic E-state index is 12.5. The first-order chi connectivity index (χ1) is 14.1. The van der Waals surface area contributed by atoms with Crippen molar-refractivity contribution in [1.82, 2.24) is 16.0 Å². The van der Waals surface area contributed by atoms with Gasteiger partial charge in [-0.25, -0.2) is 0 Å². The molecule has 0 radical (unpaired) electrons. The maximum absolute atomic E-state index is 12.5. The molecule has 0 aromatic heterocycles. The minimum absolute atomic E-state index is 0.177. The molecule has 1 saturated carbocycles. The van der Waals surface area contributed by atoms with Crippen molar-refractivity contribution >= 4 is 17.8 Å². The number of rotatable bonds is 5. The van der Waals surface area contributed by atoms with E-state index in [1.54, 1.807) is 13.2 Å². The van der Waals surface area contributed by atoms with Gasteiger partial charge in [-0.1, -0.05) is 30.3 Å². The summed E-state index contributed by atoms with van der Waals surface area (Å²) < 4.78 is 5.09. The van der Waals surface area contributed by atoms with Gasteiger partial charge in [0, 0.05) is 37.9 Å². The summed E-state index contributed by atoms with van der Waals surface area (Å²) in [5.41, 5.74) is 1.02. The molecule has 8 nitrogen and oxygen atoms in total. The molecule has 0 bridgehead atoms. The van der Waals surface area contributed by atoms with Gasteiger partial charge in [-0.2, -0.15) is 5.26 Å². The third-order valence-corrected chi connectivity index (χ3v) is 5.85. The number of amides is 1. The van der Waals surface area contributed by atoms with E-state index in [0.717, 1.165) is 25.7 Å². The molecule has 0 unspecified atom stereocenters. The van der Waals surface area contributed by atoms with Crippen molar-refractivity contribution in [3.8, 4) is 6.19 Å². The first-order valence-electron chi connectivity index (χ1n) is 10.00. The Hall–Kier alpha value is -3.08. The zero-order valence-electron chi connectivity index (χ0n) is 16.6. The van der Waals surface area contributed by atoms with E-state index >= 15 is 0 Å². The predicted molar refractivity (Wildman–Crippen MR) is 108 cm³/mol. The fourth-order valence-electron chi connectivity index (χ4n) is 4.16. The molecule has 0 spiro atoms. The average Bonchev–Trinajstić information content (AvgIpc) is 3.20. The fourth-order valence-corrected chi connectivity index (χ4v) is 4.16. The molecule has 1 aromatic carbocycles. The minimum atomic E-state index is -0.672. The molecule has 1 aromatic rings. The summed E-state index contributed by atoms with van der Waals surface area (Å²) in [6, 6.07) is 10.4. The summed E-state index contributed by atoms with van der Waals surface area (Å²) in [5, 5.41) is 18.0. The number of nitrogens with zero attached hydrogens (tertiary/aromatic N) is 2. The van der Waals surface area contributed by atoms with Crippen LogP contribution in [0.15, 0.2) is 35.3 Å². The largest absolute Gasteiger partial charge is 0.452 e. The van der Waals surface area contributed by atoms with E-state index in [0.29, 0.717) is 25.3 Å². The Balaban J connectivity index is 1.67. The minimum Gasteiger partial charge on any atom is -0.452 e. The van der Waals surface area contributed by atoms with Crippen LogP contribution in [0.25, 0.3) is 0 Å². The number of benzene rings is 1. The lowest BCUT2D eigenvalue weighted by Gasteiger charge is -2.41. The number of ether oxygens (including phenoxy) is 1. The van der Waals surface area contributed by atoms with E-state index in [1.807, 2.05) is 18.2 Å². The van der Waals surface area contributed by atoms with E-state index in [1.165, 1.54) is 5.56 Å². The van der Waals surface area contributed by atoms with Crippen LogP contribution >= 0.6 is 0 Å². The van der Waals surface area contributed by atoms with Crippen LogP contribution in [-0.4, -0.2) is 43.6 Å². The highest BCUT2D eigenvalue weighted by Crippen LogP contribution is 2.39. The summed E-state index contributed by atoms with van der Waals surface area (Å²) in [4.78, 5) is 27.5. The number of carbonyl (C=O) groups is 2. The van der Waals surface area contributed by atoms with Gasteiger partial charge in [-0.05, 0) is 31.2 Å². The smallest absolute Gasteiger partial charge is 0.306 e. The zero-order chi connectivity index (χ0) is 20.7. The van der Waals surface area contributed by atoms with Crippen molar-refractivity contribution in [2.45, 2.75) is 56.1 Å². The van der Waals surface area contributed by atoms with Crippen LogP contribution < -0.4 is 16.0 Å². The number of hydrogen-bond acceptors (Lipinski definition) is 5. The Morgan fingerprint density at radius 1 is 1.28 bits per heavy atom. The van der Waals surface area contributed by atoms with Crippen molar-refractivity contribution < 1.29 is 14.3 Å². The van der Waals surface area contributed by atoms with Gasteiger partial charge in [0.1, 0.15) is 0 Å². The van der Waals surface area contributed by atoms with Crippen LogP contribution in [0.3, 0.4) is 0 Å². The molecule has 3 N–H and O–H groups in total. The van der Waals surface area contributed by atoms with Crippen LogP contribution in [0.1, 0.15) is 44.1 Å². The molecular weight excluding hydrogens is 370 g/mol. The van der Waals surface area contributed by atoms with E-state index in [4.69, 9.17) is 10.00 Å². The second kappa shape index (κ2) is 9.41. The average molecular weight is 397 g/mol. The molecule has 8 heteroatoms. The summed E-state index contributed by atoms with van der Waals surface area (Å²) in [6.07, 6.45) is 5.39. The number of carbonyl (C=O) groups excluding carboxylic acids is 2. The Morgan fingerprint density at radius 2 is 2.00 bits per heavy atom. The topological polar surface area (TPSA) is 116 Å². The number of esters is 1. The van der Waals surface area contributed by atoms with Crippen LogP contribution in [0.5, 0.6) is 0 Å². The zero-order valence-corrected chi connectivity index (χ0v) is 16.6. The Morgan fingerprint density at radius 3 is 2.59 bits per heavy atom. The van der Waals surface area contributed by atoms with Gasteiger partial charge in [0.25, 0.3) is 5.91 Å². The molecular formula is C21H27N5O3. The summed E-state index contributed by atoms with van der Waals surface area (Å²) in [5.74, 6) is -0.0556. The molecule has 1 atom stereocenters. The van der Waals surface area contributed by atoms with Gasteiger partial charge in [0.2, 0.25) is 12.2 Å². The first-order valence-corrected chi connectivity index (χ1v) is 10.00. The van der Waals surface area contributed by atoms with Gasteiger partial charge in [0.05, 0.1) is 0 Å². The van der Waals surface area contributed by atoms with E-state index < -0.39 is 6.10 Å². The normalized spacial score (nSPS) is 26.9. The van der Waals surface area contributed by atoms with Crippen LogP contribution in [-0.2, 0) is 19.7 Å². The molecule has 1 aliphatic heterocycles. The summed E-state index contributed by atoms with van der Waals surface area (Å²) in [7, 11) is 1.73. The number of cyclic esters (lactones) is 1. The number of nitriles is 1. The van der Waals surface area contributed by atoms with Crippen molar-refractivity contribution in [1.29, 1.82) is 5.26 Å². The number of guanidine groups is 1. The molecule has 29 heavy (non-hydrogen) atoms. The quantitative estimate of drug-likeness (QED) is 0.299. The second-order valence-electron chi connectivity index (χ2n) is 7.61. The van der Waals surface area contributed by atoms with Gasteiger partial charge in [-0.15, -0.1) is 4.99 Å². The maximum Gasteiger partial charge on any atom is 0.306 e. The fraction of sp³-hybridized carbons (Fsp3) is 0.524. The standard InChI is InChI=1S/C21H27N5O3/c1-23-20(25-14-22)26-16-9-11-21(12-10-16,15-5-3-2-4-6-15)13-24-19(28)17-7-8-18(27)29-17/h2-6,16-17H,7-13H2,1H3,(H,24,28)(H2,23,25,26)/t16-,17-,21-/m1/s1. The SMILES string of the molecule is CN/C(=N\C#N)N[C@H]1CC[C@](CNC(=O)[C@H]2CCC(=O)O2)(c2ccccc2)CC1. The highest BCUT2D eigenvalue weighted by atomic mass is 16.6. The lowest BCUT2D eigenvalue weighted by atomic mass is 9.68. The van der Waals surface area contributed by atoms with Crippen molar-refractivity contribution in [3.05, 3.63) is 35.9 Å². The Kier molecular flexibility index (Phi) is 6.70. The van der Waals surface area contributed by atoms with Crippen molar-refractivity contribution in [2.75, 3.05) is 13.6 Å². The molecule has 2 aliphatic rings. The molecule has 154 valence electrons. The molecule has 1 heterocycles. The molecule has 1 saturated heterocycles. The first kappa shape index (κ1) is 20.6. The van der Waals surface area contributed by atoms with E-state index in [-0.39, 0.29) is 23.3 Å². The van der Waals surface area contributed by atoms with Crippen LogP contribution in [0.2, 0.25) is 0 Å². The van der Waals surface area contributed by atoms with Gasteiger partial charge in [-0.3, -0.25) is 9.59 Å². The molecule has 1 aliphatic carbocycles. The third-order valence-electron chi connectivity index (χ3n) is 5.85. The highest BCUT2D eigenvalue weighted by molar-refractivity contribution is 5.86. The predicted octanol–water partition coefficient (Wildman–Crippen LogP) is 1.33. The third kappa shape index (κ3) is 5.05. The second-order valence-corrected chi connectivity index (χ2v) is 7.61. The van der Waals surface area contributed by atoms with Crippen molar-refractivity contribution in [3.63, 3.8) is 0 Å². The van der Waals surface area contributed by atoms with Gasteiger partial charge < -0.3 is 20.7 Å². The Bertz CT molecular complexity index is 794. The number of nitrogens with one attached hydrogen (secondary N) is 3. The Labute approximate surface area is 170 Å². The van der Waals surface area contributed by atoms with Crippen LogP contribution in [0.4, 0.5) is 0 Å². The summed E-state index contributed by atoms with van der Waals surface area (Å²) in [6.45, 7) is 0.502. The van der Waals surface area contributed by atoms with Crippen LogP contribution in [0, 0.1) is 11.5 Å². The molecule has 1 amide bonds. The number of aliphatic imine (C=N–C) groups is 1. The van der Waals surface area contributed by atoms with E-state index in [2.05, 4.69) is 33.1 Å². The lowest BCUT2D eigenvalue weighted by molar-refractivity contribution is -0.148. The monoisotopic (exact) mass is 397 g/mol. The van der Waals surface area contributed by atoms with Gasteiger partial charge >= 0.3 is 5.97 Å². The van der Waals surface area contributed by atoms with Crippen molar-refractivity contribution in [2.24, 2.45) is 4.99 Å². The van der Waals surface area contributed by atoms with E-state index in [9.17, 15) is 9.59 Å². The summed E-state index contributed by atoms with van der Waals surface area (Å²) >= 11 is 0. The lowest BCUT2D eigenvalue weighted by Crippen LogP contribution is -2.50. The van der Waals surface area contributed by atoms with Gasteiger partial charge in [0.15, 0.2) is 6.10 Å².